The largest absolute Gasteiger partial charge is 0.394 e. The fourth-order valence-corrected chi connectivity index (χ4v) is 3.77. The van der Waals surface area contributed by atoms with Gasteiger partial charge in [0.25, 0.3) is 0 Å². The second-order valence-electron chi connectivity index (χ2n) is 6.80. The van der Waals surface area contributed by atoms with Crippen molar-refractivity contribution >= 4 is 0 Å². The van der Waals surface area contributed by atoms with E-state index in [0.29, 0.717) is 17.9 Å². The summed E-state index contributed by atoms with van der Waals surface area (Å²) in [5.74, 6) is 1.13. The highest BCUT2D eigenvalue weighted by atomic mass is 16.5. The van der Waals surface area contributed by atoms with Gasteiger partial charge in [0.15, 0.2) is 0 Å². The summed E-state index contributed by atoms with van der Waals surface area (Å²) in [6.07, 6.45) is 5.69. The Bertz CT molecular complexity index is 279. The van der Waals surface area contributed by atoms with Crippen molar-refractivity contribution in [3.63, 3.8) is 0 Å². The summed E-state index contributed by atoms with van der Waals surface area (Å²) in [6.45, 7) is 7.94. The molecule has 4 nitrogen and oxygen atoms in total. The summed E-state index contributed by atoms with van der Waals surface area (Å²) in [6, 6.07) is 0.416. The molecule has 2 N–H and O–H groups in total. The van der Waals surface area contributed by atoms with Gasteiger partial charge >= 0.3 is 0 Å². The molecule has 0 amide bonds. The molecule has 4 heteroatoms. The van der Waals surface area contributed by atoms with Crippen LogP contribution in [0, 0.1) is 11.8 Å². The molecular weight excluding hydrogens is 254 g/mol. The summed E-state index contributed by atoms with van der Waals surface area (Å²) >= 11 is 0. The minimum Gasteiger partial charge on any atom is -0.394 e. The Hall–Kier alpha value is -0.160. The molecule has 0 radical (unpaired) electrons. The predicted molar refractivity (Wildman–Crippen MR) is 79.8 cm³/mol. The van der Waals surface area contributed by atoms with Crippen LogP contribution in [0.1, 0.15) is 46.0 Å². The van der Waals surface area contributed by atoms with Crippen molar-refractivity contribution in [2.24, 2.45) is 11.8 Å². The summed E-state index contributed by atoms with van der Waals surface area (Å²) in [4.78, 5) is 0. The van der Waals surface area contributed by atoms with Gasteiger partial charge in [0.1, 0.15) is 0 Å². The van der Waals surface area contributed by atoms with E-state index in [0.717, 1.165) is 45.7 Å². The minimum absolute atomic E-state index is 0.0754. The van der Waals surface area contributed by atoms with E-state index in [2.05, 4.69) is 19.2 Å². The molecule has 0 aromatic carbocycles. The van der Waals surface area contributed by atoms with Crippen molar-refractivity contribution in [3.8, 4) is 0 Å². The molecule has 0 spiro atoms. The molecule has 3 atom stereocenters. The van der Waals surface area contributed by atoms with E-state index < -0.39 is 0 Å². The van der Waals surface area contributed by atoms with Crippen LogP contribution in [0.2, 0.25) is 0 Å². The van der Waals surface area contributed by atoms with Crippen LogP contribution in [0.25, 0.3) is 0 Å². The van der Waals surface area contributed by atoms with Crippen molar-refractivity contribution in [3.05, 3.63) is 0 Å². The van der Waals surface area contributed by atoms with Gasteiger partial charge in [-0.1, -0.05) is 20.3 Å². The van der Waals surface area contributed by atoms with Gasteiger partial charge in [0.05, 0.1) is 19.8 Å². The zero-order chi connectivity index (χ0) is 14.4. The number of ether oxygens (including phenoxy) is 2. The van der Waals surface area contributed by atoms with E-state index in [9.17, 15) is 5.11 Å². The molecule has 1 heterocycles. The lowest BCUT2D eigenvalue weighted by Gasteiger charge is -2.37. The molecule has 2 aliphatic rings. The van der Waals surface area contributed by atoms with E-state index in [-0.39, 0.29) is 12.1 Å². The zero-order valence-corrected chi connectivity index (χ0v) is 13.1. The maximum Gasteiger partial charge on any atom is 0.0616 e. The Morgan fingerprint density at radius 2 is 2.25 bits per heavy atom. The number of nitrogens with one attached hydrogen (secondary N) is 1. The van der Waals surface area contributed by atoms with Crippen LogP contribution in [0.5, 0.6) is 0 Å². The molecule has 118 valence electrons. The molecule has 0 aromatic rings. The summed E-state index contributed by atoms with van der Waals surface area (Å²) < 4.78 is 11.2. The second kappa shape index (κ2) is 7.74. The lowest BCUT2D eigenvalue weighted by molar-refractivity contribution is 0.0572. The van der Waals surface area contributed by atoms with E-state index in [1.807, 2.05) is 0 Å². The Morgan fingerprint density at radius 3 is 2.90 bits per heavy atom. The van der Waals surface area contributed by atoms with Crippen molar-refractivity contribution in [1.29, 1.82) is 0 Å². The molecule has 2 rings (SSSR count). The van der Waals surface area contributed by atoms with Gasteiger partial charge in [-0.3, -0.25) is 0 Å². The molecule has 2 fully saturated rings. The third kappa shape index (κ3) is 4.17. The number of hydrogen-bond donors (Lipinski definition) is 2. The van der Waals surface area contributed by atoms with E-state index in [1.165, 1.54) is 12.8 Å². The molecule has 1 aliphatic heterocycles. The molecule has 1 aliphatic carbocycles. The van der Waals surface area contributed by atoms with Crippen LogP contribution in [-0.4, -0.2) is 49.7 Å². The predicted octanol–water partition coefficient (Wildman–Crippen LogP) is 1.96. The van der Waals surface area contributed by atoms with Crippen LogP contribution < -0.4 is 5.32 Å². The molecule has 3 unspecified atom stereocenters. The van der Waals surface area contributed by atoms with Gasteiger partial charge in [-0.05, 0) is 31.6 Å². The molecule has 1 saturated carbocycles. The highest BCUT2D eigenvalue weighted by Gasteiger charge is 2.42. The first kappa shape index (κ1) is 16.2. The van der Waals surface area contributed by atoms with E-state index in [1.54, 1.807) is 0 Å². The first-order valence-electron chi connectivity index (χ1n) is 8.20. The van der Waals surface area contributed by atoms with Crippen molar-refractivity contribution in [2.75, 3.05) is 33.0 Å². The van der Waals surface area contributed by atoms with Crippen molar-refractivity contribution in [2.45, 2.75) is 57.5 Å². The fourth-order valence-electron chi connectivity index (χ4n) is 3.77. The normalized spacial score (nSPS) is 34.2. The maximum absolute atomic E-state index is 9.85. The van der Waals surface area contributed by atoms with Crippen LogP contribution in [-0.2, 0) is 9.47 Å². The van der Waals surface area contributed by atoms with Crippen molar-refractivity contribution in [1.82, 2.24) is 5.32 Å². The molecular formula is C16H31NO3. The molecule has 1 saturated heterocycles. The third-order valence-electron chi connectivity index (χ3n) is 4.80. The van der Waals surface area contributed by atoms with Crippen LogP contribution in [0.3, 0.4) is 0 Å². The summed E-state index contributed by atoms with van der Waals surface area (Å²) in [5.41, 5.74) is -0.0754. The van der Waals surface area contributed by atoms with Gasteiger partial charge in [-0.2, -0.15) is 0 Å². The second-order valence-corrected chi connectivity index (χ2v) is 6.80. The Kier molecular flexibility index (Phi) is 6.27. The monoisotopic (exact) mass is 285 g/mol. The van der Waals surface area contributed by atoms with Crippen molar-refractivity contribution < 1.29 is 14.6 Å². The number of aliphatic hydroxyl groups is 1. The lowest BCUT2D eigenvalue weighted by atomic mass is 9.85. The summed E-state index contributed by atoms with van der Waals surface area (Å²) in [7, 11) is 0. The maximum atomic E-state index is 9.85. The van der Waals surface area contributed by atoms with Gasteiger partial charge in [0, 0.05) is 30.7 Å². The SMILES string of the molecule is CC(C)NC1(CO)CCCC1CCOCC1CCOC1. The Labute approximate surface area is 123 Å². The standard InChI is InChI=1S/C16H31NO3/c1-13(2)17-16(12-18)7-3-4-15(16)6-9-20-11-14-5-8-19-10-14/h13-15,17-18H,3-12H2,1-2H3. The Morgan fingerprint density at radius 1 is 1.40 bits per heavy atom. The third-order valence-corrected chi connectivity index (χ3v) is 4.80. The van der Waals surface area contributed by atoms with E-state index >= 15 is 0 Å². The van der Waals surface area contributed by atoms with Gasteiger partial charge < -0.3 is 19.9 Å². The molecule has 20 heavy (non-hydrogen) atoms. The highest BCUT2D eigenvalue weighted by molar-refractivity contribution is 4.99. The summed E-state index contributed by atoms with van der Waals surface area (Å²) in [5, 5.41) is 13.5. The average molecular weight is 285 g/mol. The number of rotatable bonds is 8. The van der Waals surface area contributed by atoms with Crippen LogP contribution in [0.15, 0.2) is 0 Å². The number of hydrogen-bond acceptors (Lipinski definition) is 4. The Balaban J connectivity index is 1.72. The molecule has 0 bridgehead atoms. The average Bonchev–Trinajstić information content (AvgIpc) is 3.04. The number of aliphatic hydroxyl groups excluding tert-OH is 1. The smallest absolute Gasteiger partial charge is 0.0616 e. The zero-order valence-electron chi connectivity index (χ0n) is 13.1. The minimum atomic E-state index is -0.0754. The van der Waals surface area contributed by atoms with Gasteiger partial charge in [-0.15, -0.1) is 0 Å². The van der Waals surface area contributed by atoms with Crippen LogP contribution >= 0.6 is 0 Å². The molecule has 0 aromatic heterocycles. The lowest BCUT2D eigenvalue weighted by Crippen LogP contribution is -2.54. The van der Waals surface area contributed by atoms with Crippen LogP contribution in [0.4, 0.5) is 0 Å². The van der Waals surface area contributed by atoms with E-state index in [4.69, 9.17) is 9.47 Å². The first-order valence-corrected chi connectivity index (χ1v) is 8.20. The van der Waals surface area contributed by atoms with Gasteiger partial charge in [-0.25, -0.2) is 0 Å². The quantitative estimate of drug-likeness (QED) is 0.669. The highest BCUT2D eigenvalue weighted by Crippen LogP contribution is 2.38. The van der Waals surface area contributed by atoms with Gasteiger partial charge in [0.2, 0.25) is 0 Å². The first-order chi connectivity index (χ1) is 9.66. The fraction of sp³-hybridized carbons (Fsp3) is 1.00. The topological polar surface area (TPSA) is 50.7 Å².